The second kappa shape index (κ2) is 5.49. The fourth-order valence-electron chi connectivity index (χ4n) is 2.08. The number of rotatable bonds is 4. The molecule has 2 heterocycles. The third-order valence-electron chi connectivity index (χ3n) is 3.05. The Bertz CT molecular complexity index is 814. The number of hydrogen-bond acceptors (Lipinski definition) is 5. The Labute approximate surface area is 124 Å². The first kappa shape index (κ1) is 13.5. The zero-order valence-electron chi connectivity index (χ0n) is 10.9. The van der Waals surface area contributed by atoms with Crippen LogP contribution in [0.25, 0.3) is 11.0 Å². The van der Waals surface area contributed by atoms with E-state index in [0.717, 1.165) is 5.39 Å². The Morgan fingerprint density at radius 3 is 2.86 bits per heavy atom. The molecular formula is C15H12N2O3S. The number of carbonyl (C=O) groups is 1. The molecule has 0 atom stereocenters. The minimum atomic E-state index is -1.07. The third kappa shape index (κ3) is 2.57. The van der Waals surface area contributed by atoms with E-state index in [9.17, 15) is 9.90 Å². The smallest absolute Gasteiger partial charge is 0.372 e. The molecule has 21 heavy (non-hydrogen) atoms. The van der Waals surface area contributed by atoms with Crippen molar-refractivity contribution in [2.75, 3.05) is 5.73 Å². The summed E-state index contributed by atoms with van der Waals surface area (Å²) in [7, 11) is 0. The topological polar surface area (TPSA) is 89.3 Å². The van der Waals surface area contributed by atoms with Crippen LogP contribution in [0, 0.1) is 0 Å². The zero-order chi connectivity index (χ0) is 14.8. The summed E-state index contributed by atoms with van der Waals surface area (Å²) in [6, 6.07) is 10.8. The van der Waals surface area contributed by atoms with E-state index in [4.69, 9.17) is 10.2 Å². The molecule has 0 aliphatic carbocycles. The summed E-state index contributed by atoms with van der Waals surface area (Å²) in [6.45, 7) is 0. The number of carboxylic acids is 1. The molecule has 3 rings (SSSR count). The van der Waals surface area contributed by atoms with E-state index in [1.54, 1.807) is 24.4 Å². The van der Waals surface area contributed by atoms with Crippen molar-refractivity contribution >= 4 is 34.4 Å². The number of benzene rings is 1. The molecule has 0 fully saturated rings. The molecule has 0 unspecified atom stereocenters. The first-order valence-electron chi connectivity index (χ1n) is 6.24. The fourth-order valence-corrected chi connectivity index (χ4v) is 3.02. The number of hydrogen-bond donors (Lipinski definition) is 2. The Morgan fingerprint density at radius 1 is 1.29 bits per heavy atom. The van der Waals surface area contributed by atoms with Gasteiger partial charge < -0.3 is 15.3 Å². The number of carboxylic acid groups (broad SMARTS) is 1. The van der Waals surface area contributed by atoms with Crippen LogP contribution in [0.5, 0.6) is 0 Å². The van der Waals surface area contributed by atoms with E-state index in [-0.39, 0.29) is 5.76 Å². The molecule has 1 aromatic carbocycles. The Kier molecular flexibility index (Phi) is 3.53. The van der Waals surface area contributed by atoms with Crippen molar-refractivity contribution in [2.24, 2.45) is 0 Å². The monoisotopic (exact) mass is 300 g/mol. The maximum atomic E-state index is 11.3. The highest BCUT2D eigenvalue weighted by Gasteiger charge is 2.20. The predicted octanol–water partition coefficient (Wildman–Crippen LogP) is 3.40. The molecule has 6 heteroatoms. The van der Waals surface area contributed by atoms with Crippen LogP contribution in [0.15, 0.2) is 52.0 Å². The molecule has 0 bridgehead atoms. The van der Waals surface area contributed by atoms with Crippen molar-refractivity contribution in [3.8, 4) is 0 Å². The molecule has 2 aromatic heterocycles. The van der Waals surface area contributed by atoms with Crippen LogP contribution in [0.3, 0.4) is 0 Å². The van der Waals surface area contributed by atoms with E-state index in [0.29, 0.717) is 27.6 Å². The molecule has 3 aromatic rings. The van der Waals surface area contributed by atoms with Gasteiger partial charge in [0, 0.05) is 22.9 Å². The molecule has 0 saturated heterocycles. The number of furan rings is 1. The lowest BCUT2D eigenvalue weighted by molar-refractivity contribution is 0.0664. The van der Waals surface area contributed by atoms with Gasteiger partial charge in [0.2, 0.25) is 5.76 Å². The lowest BCUT2D eigenvalue weighted by Crippen LogP contribution is -1.98. The van der Waals surface area contributed by atoms with Crippen LogP contribution >= 0.6 is 11.8 Å². The van der Waals surface area contributed by atoms with Crippen LogP contribution in [-0.2, 0) is 5.75 Å². The highest BCUT2D eigenvalue weighted by molar-refractivity contribution is 7.98. The molecule has 0 aliphatic rings. The highest BCUT2D eigenvalue weighted by atomic mass is 32.2. The van der Waals surface area contributed by atoms with Gasteiger partial charge in [0.1, 0.15) is 10.6 Å². The largest absolute Gasteiger partial charge is 0.475 e. The average molecular weight is 300 g/mol. The Morgan fingerprint density at radius 2 is 2.10 bits per heavy atom. The molecule has 5 nitrogen and oxygen atoms in total. The van der Waals surface area contributed by atoms with Gasteiger partial charge in [-0.3, -0.25) is 0 Å². The predicted molar refractivity (Wildman–Crippen MR) is 81.4 cm³/mol. The first-order chi connectivity index (χ1) is 10.2. The summed E-state index contributed by atoms with van der Waals surface area (Å²) >= 11 is 1.39. The van der Waals surface area contributed by atoms with E-state index in [2.05, 4.69) is 4.98 Å². The summed E-state index contributed by atoms with van der Waals surface area (Å²) in [4.78, 5) is 15.5. The van der Waals surface area contributed by atoms with Gasteiger partial charge in [-0.1, -0.05) is 30.0 Å². The van der Waals surface area contributed by atoms with Gasteiger partial charge >= 0.3 is 5.97 Å². The average Bonchev–Trinajstić information content (AvgIpc) is 2.85. The van der Waals surface area contributed by atoms with Crippen molar-refractivity contribution in [1.82, 2.24) is 4.98 Å². The van der Waals surface area contributed by atoms with E-state index in [1.807, 2.05) is 18.2 Å². The number of aromatic carboxylic acids is 1. The fraction of sp³-hybridized carbons (Fsp3) is 0.0667. The number of thioether (sulfide) groups is 1. The summed E-state index contributed by atoms with van der Waals surface area (Å²) in [5.74, 6) is -0.672. The second-order valence-corrected chi connectivity index (χ2v) is 5.36. The molecule has 0 saturated carbocycles. The van der Waals surface area contributed by atoms with Crippen molar-refractivity contribution in [3.05, 3.63) is 53.9 Å². The number of nitrogens with zero attached hydrogens (tertiary/aromatic N) is 1. The maximum Gasteiger partial charge on any atom is 0.372 e. The van der Waals surface area contributed by atoms with Crippen molar-refractivity contribution in [2.45, 2.75) is 10.8 Å². The van der Waals surface area contributed by atoms with Crippen LogP contribution in [0.1, 0.15) is 16.1 Å². The second-order valence-electron chi connectivity index (χ2n) is 4.40. The molecule has 0 amide bonds. The standard InChI is InChI=1S/C15H12N2O3S/c16-11-5-3-7-17-14(11)21-8-10-9-4-1-2-6-12(9)20-13(10)15(18)19/h1-7H,8,16H2,(H,18,19). The van der Waals surface area contributed by atoms with Gasteiger partial charge in [0.05, 0.1) is 5.69 Å². The SMILES string of the molecule is Nc1cccnc1SCc1c(C(=O)O)oc2ccccc12. The van der Waals surface area contributed by atoms with Crippen molar-refractivity contribution < 1.29 is 14.3 Å². The Balaban J connectivity index is 1.98. The summed E-state index contributed by atoms with van der Waals surface area (Å²) in [5.41, 5.74) is 7.64. The van der Waals surface area contributed by atoms with Gasteiger partial charge in [-0.15, -0.1) is 0 Å². The maximum absolute atomic E-state index is 11.3. The molecule has 0 spiro atoms. The molecular weight excluding hydrogens is 288 g/mol. The Hall–Kier alpha value is -2.47. The number of fused-ring (bicyclic) bond motifs is 1. The molecule has 3 N–H and O–H groups in total. The van der Waals surface area contributed by atoms with Crippen LogP contribution < -0.4 is 5.73 Å². The van der Waals surface area contributed by atoms with Crippen molar-refractivity contribution in [1.29, 1.82) is 0 Å². The summed E-state index contributed by atoms with van der Waals surface area (Å²) in [6.07, 6.45) is 1.66. The first-order valence-corrected chi connectivity index (χ1v) is 7.22. The molecule has 0 radical (unpaired) electrons. The van der Waals surface area contributed by atoms with Crippen LogP contribution in [0.2, 0.25) is 0 Å². The van der Waals surface area contributed by atoms with Gasteiger partial charge in [-0.2, -0.15) is 0 Å². The van der Waals surface area contributed by atoms with Gasteiger partial charge in [-0.05, 0) is 18.2 Å². The molecule has 106 valence electrons. The van der Waals surface area contributed by atoms with Crippen LogP contribution in [-0.4, -0.2) is 16.1 Å². The highest BCUT2D eigenvalue weighted by Crippen LogP contribution is 2.32. The summed E-state index contributed by atoms with van der Waals surface area (Å²) in [5, 5.41) is 10.8. The summed E-state index contributed by atoms with van der Waals surface area (Å²) < 4.78 is 5.41. The normalized spacial score (nSPS) is 10.9. The quantitative estimate of drug-likeness (QED) is 0.718. The minimum Gasteiger partial charge on any atom is -0.475 e. The molecule has 0 aliphatic heterocycles. The lowest BCUT2D eigenvalue weighted by Gasteiger charge is -2.03. The van der Waals surface area contributed by atoms with Crippen molar-refractivity contribution in [3.63, 3.8) is 0 Å². The number of nitrogens with two attached hydrogens (primary N) is 1. The van der Waals surface area contributed by atoms with Gasteiger partial charge in [0.15, 0.2) is 0 Å². The number of pyridine rings is 1. The van der Waals surface area contributed by atoms with Crippen LogP contribution in [0.4, 0.5) is 5.69 Å². The number of para-hydroxylation sites is 1. The zero-order valence-corrected chi connectivity index (χ0v) is 11.8. The number of anilines is 1. The minimum absolute atomic E-state index is 0.0294. The van der Waals surface area contributed by atoms with E-state index < -0.39 is 5.97 Å². The number of nitrogen functional groups attached to an aromatic ring is 1. The third-order valence-corrected chi connectivity index (χ3v) is 4.09. The van der Waals surface area contributed by atoms with Gasteiger partial charge in [0.25, 0.3) is 0 Å². The lowest BCUT2D eigenvalue weighted by atomic mass is 10.1. The number of aromatic nitrogens is 1. The van der Waals surface area contributed by atoms with Gasteiger partial charge in [-0.25, -0.2) is 9.78 Å². The van der Waals surface area contributed by atoms with E-state index >= 15 is 0 Å². The van der Waals surface area contributed by atoms with E-state index in [1.165, 1.54) is 11.8 Å².